The zero-order valence-corrected chi connectivity index (χ0v) is 23.2. The number of hydrogen-bond acceptors (Lipinski definition) is 4. The van der Waals surface area contributed by atoms with Crippen molar-refractivity contribution in [2.24, 2.45) is 17.8 Å². The third-order valence-corrected chi connectivity index (χ3v) is 8.37. The highest BCUT2D eigenvalue weighted by molar-refractivity contribution is 5.89. The van der Waals surface area contributed by atoms with E-state index in [1.807, 2.05) is 18.2 Å². The van der Waals surface area contributed by atoms with Gasteiger partial charge in [0.2, 0.25) is 0 Å². The fraction of sp³-hybridized carbons (Fsp3) is 0.618. The molecule has 4 rings (SSSR count). The molecule has 1 saturated carbocycles. The summed E-state index contributed by atoms with van der Waals surface area (Å²) in [5, 5.41) is 0. The number of allylic oxidation sites excluding steroid dienone is 4. The average Bonchev–Trinajstić information content (AvgIpc) is 3.47. The number of rotatable bonds is 17. The van der Waals surface area contributed by atoms with Gasteiger partial charge >= 0.3 is 0 Å². The minimum absolute atomic E-state index is 0.0781. The van der Waals surface area contributed by atoms with Crippen LogP contribution in [0.4, 0.5) is 0 Å². The van der Waals surface area contributed by atoms with E-state index in [-0.39, 0.29) is 18.2 Å². The lowest BCUT2D eigenvalue weighted by molar-refractivity contribution is -0.192. The lowest BCUT2D eigenvalue weighted by Gasteiger charge is -2.29. The minimum atomic E-state index is -0.0781. The summed E-state index contributed by atoms with van der Waals surface area (Å²) in [4.78, 5) is 12.5. The average molecular weight is 521 g/mol. The summed E-state index contributed by atoms with van der Waals surface area (Å²) in [6.45, 7) is 6.11. The molecule has 1 heterocycles. The van der Waals surface area contributed by atoms with Gasteiger partial charge in [0.15, 0.2) is 12.1 Å². The summed E-state index contributed by atoms with van der Waals surface area (Å²) in [7, 11) is 0. The molecule has 0 spiro atoms. The Hall–Kier alpha value is -2.01. The molecule has 0 N–H and O–H groups in total. The van der Waals surface area contributed by atoms with Crippen LogP contribution in [0.15, 0.2) is 66.8 Å². The van der Waals surface area contributed by atoms with Gasteiger partial charge in [0.25, 0.3) is 0 Å². The van der Waals surface area contributed by atoms with Crippen LogP contribution in [0, 0.1) is 17.8 Å². The zero-order chi connectivity index (χ0) is 26.4. The molecule has 0 amide bonds. The number of fused-ring (bicyclic) bond motifs is 1. The summed E-state index contributed by atoms with van der Waals surface area (Å²) < 4.78 is 18.3. The Balaban J connectivity index is 1.22. The third kappa shape index (κ3) is 9.32. The van der Waals surface area contributed by atoms with Crippen molar-refractivity contribution in [1.82, 2.24) is 0 Å². The molecule has 4 heteroatoms. The molecule has 38 heavy (non-hydrogen) atoms. The maximum absolute atomic E-state index is 12.5. The third-order valence-electron chi connectivity index (χ3n) is 8.37. The number of carbonyl (C=O) groups is 1. The van der Waals surface area contributed by atoms with Gasteiger partial charge in [0, 0.05) is 25.6 Å². The lowest BCUT2D eigenvalue weighted by atomic mass is 9.88. The van der Waals surface area contributed by atoms with Crippen LogP contribution in [0.25, 0.3) is 0 Å². The van der Waals surface area contributed by atoms with Crippen LogP contribution in [0.5, 0.6) is 0 Å². The van der Waals surface area contributed by atoms with Crippen LogP contribution in [0.3, 0.4) is 0 Å². The molecule has 2 aliphatic carbocycles. The van der Waals surface area contributed by atoms with E-state index in [9.17, 15) is 4.79 Å². The van der Waals surface area contributed by atoms with Crippen LogP contribution in [0.2, 0.25) is 0 Å². The van der Waals surface area contributed by atoms with E-state index in [1.165, 1.54) is 31.2 Å². The molecule has 2 fully saturated rings. The molecular weight excluding hydrogens is 472 g/mol. The Morgan fingerprint density at radius 1 is 1.08 bits per heavy atom. The highest BCUT2D eigenvalue weighted by Crippen LogP contribution is 2.49. The standard InChI is InChI=1S/C34H48O4/c1-2-3-4-10-17-30(35)19-20-31-32-24-28(16-9-6-12-21-36-26-27-14-7-5-8-15-27)23-29(32)25-33(31)38-34-18-11-13-22-37-34/h2,5,7-8,14-15,19-20,23,29,31-34H,1,3-4,6,9-13,16-18,21-22,24-26H2/t29-,31-,32-,33-,34?/m1/s1. The quantitative estimate of drug-likeness (QED) is 0.118. The fourth-order valence-electron chi connectivity index (χ4n) is 6.31. The Morgan fingerprint density at radius 2 is 1.97 bits per heavy atom. The van der Waals surface area contributed by atoms with Gasteiger partial charge in [-0.2, -0.15) is 0 Å². The van der Waals surface area contributed by atoms with Gasteiger partial charge in [-0.1, -0.05) is 60.6 Å². The molecule has 1 saturated heterocycles. The molecule has 0 bridgehead atoms. The number of benzene rings is 1. The first-order valence-electron chi connectivity index (χ1n) is 15.1. The van der Waals surface area contributed by atoms with Crippen molar-refractivity contribution in [2.75, 3.05) is 13.2 Å². The molecule has 4 nitrogen and oxygen atoms in total. The second-order valence-electron chi connectivity index (χ2n) is 11.3. The van der Waals surface area contributed by atoms with E-state index in [4.69, 9.17) is 14.2 Å². The van der Waals surface area contributed by atoms with Crippen molar-refractivity contribution in [3.8, 4) is 0 Å². The van der Waals surface area contributed by atoms with Gasteiger partial charge in [-0.25, -0.2) is 0 Å². The molecule has 1 aromatic carbocycles. The molecule has 0 aromatic heterocycles. The number of ether oxygens (including phenoxy) is 3. The second kappa shape index (κ2) is 16.2. The van der Waals surface area contributed by atoms with Crippen LogP contribution in [-0.4, -0.2) is 31.4 Å². The molecule has 1 aromatic rings. The van der Waals surface area contributed by atoms with Gasteiger partial charge < -0.3 is 14.2 Å². The lowest BCUT2D eigenvalue weighted by Crippen LogP contribution is -2.30. The summed E-state index contributed by atoms with van der Waals surface area (Å²) in [5.74, 6) is 1.65. The first kappa shape index (κ1) is 29.0. The summed E-state index contributed by atoms with van der Waals surface area (Å²) in [6.07, 6.45) is 22.4. The Labute approximate surface area is 230 Å². The van der Waals surface area contributed by atoms with E-state index in [1.54, 1.807) is 5.57 Å². The molecular formula is C34H48O4. The molecule has 3 aliphatic rings. The predicted octanol–water partition coefficient (Wildman–Crippen LogP) is 8.13. The minimum Gasteiger partial charge on any atom is -0.377 e. The number of carbonyl (C=O) groups excluding carboxylic acids is 1. The highest BCUT2D eigenvalue weighted by Gasteiger charge is 2.45. The molecule has 208 valence electrons. The number of ketones is 1. The first-order chi connectivity index (χ1) is 18.7. The normalized spacial score (nSPS) is 26.9. The number of hydrogen-bond donors (Lipinski definition) is 0. The van der Waals surface area contributed by atoms with Gasteiger partial charge in [-0.3, -0.25) is 4.79 Å². The Kier molecular flexibility index (Phi) is 12.3. The molecule has 5 atom stereocenters. The van der Waals surface area contributed by atoms with Gasteiger partial charge in [-0.05, 0) is 94.1 Å². The van der Waals surface area contributed by atoms with E-state index in [0.717, 1.165) is 64.6 Å². The van der Waals surface area contributed by atoms with Crippen LogP contribution in [-0.2, 0) is 25.6 Å². The number of unbranched alkanes of at least 4 members (excludes halogenated alkanes) is 4. The largest absolute Gasteiger partial charge is 0.377 e. The maximum atomic E-state index is 12.5. The van der Waals surface area contributed by atoms with Crippen LogP contribution < -0.4 is 0 Å². The fourth-order valence-corrected chi connectivity index (χ4v) is 6.31. The van der Waals surface area contributed by atoms with Crippen molar-refractivity contribution in [3.05, 3.63) is 72.4 Å². The van der Waals surface area contributed by atoms with Crippen molar-refractivity contribution in [1.29, 1.82) is 0 Å². The van der Waals surface area contributed by atoms with E-state index in [2.05, 4.69) is 43.0 Å². The summed E-state index contributed by atoms with van der Waals surface area (Å²) >= 11 is 0. The predicted molar refractivity (Wildman–Crippen MR) is 154 cm³/mol. The maximum Gasteiger partial charge on any atom is 0.157 e. The van der Waals surface area contributed by atoms with Crippen molar-refractivity contribution in [3.63, 3.8) is 0 Å². The second-order valence-corrected chi connectivity index (χ2v) is 11.3. The first-order valence-corrected chi connectivity index (χ1v) is 15.1. The van der Waals surface area contributed by atoms with Gasteiger partial charge in [0.05, 0.1) is 12.7 Å². The molecule has 0 radical (unpaired) electrons. The summed E-state index contributed by atoms with van der Waals surface area (Å²) in [6, 6.07) is 10.4. The van der Waals surface area contributed by atoms with Crippen LogP contribution >= 0.6 is 0 Å². The van der Waals surface area contributed by atoms with Crippen LogP contribution in [0.1, 0.15) is 89.0 Å². The van der Waals surface area contributed by atoms with E-state index in [0.29, 0.717) is 30.8 Å². The smallest absolute Gasteiger partial charge is 0.157 e. The SMILES string of the molecule is C=CCCCCC(=O)C=C[C@@H]1[C@@H]2CC(CCCCCOCc3ccccc3)=C[C@@H]2C[C@H]1OC1CCCCO1. The summed E-state index contributed by atoms with van der Waals surface area (Å²) in [5.41, 5.74) is 2.84. The van der Waals surface area contributed by atoms with E-state index >= 15 is 0 Å². The zero-order valence-electron chi connectivity index (χ0n) is 23.2. The highest BCUT2D eigenvalue weighted by atomic mass is 16.7. The van der Waals surface area contributed by atoms with Gasteiger partial charge in [-0.15, -0.1) is 6.58 Å². The molecule has 1 unspecified atom stereocenters. The monoisotopic (exact) mass is 520 g/mol. The Morgan fingerprint density at radius 3 is 2.79 bits per heavy atom. The van der Waals surface area contributed by atoms with Gasteiger partial charge in [0.1, 0.15) is 0 Å². The van der Waals surface area contributed by atoms with Crippen molar-refractivity contribution in [2.45, 2.75) is 102 Å². The molecule has 1 aliphatic heterocycles. The van der Waals surface area contributed by atoms with Crippen molar-refractivity contribution >= 4 is 5.78 Å². The van der Waals surface area contributed by atoms with E-state index < -0.39 is 0 Å². The Bertz CT molecular complexity index is 898. The van der Waals surface area contributed by atoms with Crippen molar-refractivity contribution < 1.29 is 19.0 Å². The topological polar surface area (TPSA) is 44.8 Å².